The lowest BCUT2D eigenvalue weighted by Crippen LogP contribution is -2.45. The summed E-state index contributed by atoms with van der Waals surface area (Å²) in [5.41, 5.74) is 0.0165. The molecule has 0 radical (unpaired) electrons. The average molecular weight is 234 g/mol. The number of piperazine rings is 1. The van der Waals surface area contributed by atoms with Crippen molar-refractivity contribution in [3.8, 4) is 0 Å². The smallest absolute Gasteiger partial charge is 0.135 e. The lowest BCUT2D eigenvalue weighted by Gasteiger charge is -2.33. The van der Waals surface area contributed by atoms with Gasteiger partial charge in [-0.3, -0.25) is 0 Å². The van der Waals surface area contributed by atoms with Gasteiger partial charge in [-0.2, -0.15) is 0 Å². The Balaban J connectivity index is 2.16. The van der Waals surface area contributed by atoms with E-state index in [0.29, 0.717) is 0 Å². The summed E-state index contributed by atoms with van der Waals surface area (Å²) in [6.45, 7) is 10.8. The normalized spacial score (nSPS) is 18.5. The minimum Gasteiger partial charge on any atom is -0.354 e. The fourth-order valence-corrected chi connectivity index (χ4v) is 1.92. The molecule has 1 saturated heterocycles. The zero-order valence-corrected chi connectivity index (χ0v) is 11.3. The molecule has 4 nitrogen and oxygen atoms in total. The average Bonchev–Trinajstić information content (AvgIpc) is 2.29. The molecule has 0 amide bonds. The number of likely N-dealkylation sites (N-methyl/N-ethyl adjacent to an activating group) is 1. The highest BCUT2D eigenvalue weighted by atomic mass is 15.3. The molecular weight excluding hydrogens is 212 g/mol. The Kier molecular flexibility index (Phi) is 3.33. The second-order valence-electron chi connectivity index (χ2n) is 5.78. The van der Waals surface area contributed by atoms with Crippen LogP contribution >= 0.6 is 0 Å². The Bertz CT molecular complexity index is 375. The molecular formula is C13H22N4. The highest BCUT2D eigenvalue weighted by Gasteiger charge is 2.20. The Morgan fingerprint density at radius 1 is 1.12 bits per heavy atom. The molecule has 1 aromatic rings. The van der Waals surface area contributed by atoms with Crippen LogP contribution in [0.4, 0.5) is 5.82 Å². The second kappa shape index (κ2) is 4.61. The summed E-state index contributed by atoms with van der Waals surface area (Å²) in [6, 6.07) is 2.01. The fourth-order valence-electron chi connectivity index (χ4n) is 1.92. The number of nitrogens with zero attached hydrogens (tertiary/aromatic N) is 4. The highest BCUT2D eigenvalue weighted by Crippen LogP contribution is 2.20. The van der Waals surface area contributed by atoms with E-state index in [-0.39, 0.29) is 5.41 Å². The molecule has 0 saturated carbocycles. The van der Waals surface area contributed by atoms with Crippen LogP contribution in [0.2, 0.25) is 0 Å². The van der Waals surface area contributed by atoms with E-state index in [1.807, 2.05) is 12.3 Å². The first-order chi connectivity index (χ1) is 7.97. The van der Waals surface area contributed by atoms with Crippen LogP contribution in [0.1, 0.15) is 26.6 Å². The van der Waals surface area contributed by atoms with Crippen molar-refractivity contribution < 1.29 is 0 Å². The van der Waals surface area contributed by atoms with Gasteiger partial charge in [0.05, 0.1) is 0 Å². The van der Waals surface area contributed by atoms with E-state index in [1.54, 1.807) is 0 Å². The number of anilines is 1. The molecule has 4 heteroatoms. The van der Waals surface area contributed by atoms with Crippen molar-refractivity contribution in [1.82, 2.24) is 14.9 Å². The van der Waals surface area contributed by atoms with Gasteiger partial charge in [0.2, 0.25) is 0 Å². The number of rotatable bonds is 1. The standard InChI is InChI=1S/C13H22N4/c1-13(2,3)12-14-6-5-11(15-12)17-9-7-16(4)8-10-17/h5-6H,7-10H2,1-4H3. The van der Waals surface area contributed by atoms with E-state index in [9.17, 15) is 0 Å². The summed E-state index contributed by atoms with van der Waals surface area (Å²) < 4.78 is 0. The van der Waals surface area contributed by atoms with Crippen LogP contribution in [-0.4, -0.2) is 48.1 Å². The molecule has 0 unspecified atom stereocenters. The van der Waals surface area contributed by atoms with Gasteiger partial charge in [0, 0.05) is 37.8 Å². The quantitative estimate of drug-likeness (QED) is 0.737. The van der Waals surface area contributed by atoms with Gasteiger partial charge in [-0.15, -0.1) is 0 Å². The van der Waals surface area contributed by atoms with Crippen LogP contribution in [0.25, 0.3) is 0 Å². The second-order valence-corrected chi connectivity index (χ2v) is 5.78. The third-order valence-electron chi connectivity index (χ3n) is 3.14. The number of hydrogen-bond acceptors (Lipinski definition) is 4. The molecule has 1 aliphatic rings. The first-order valence-electron chi connectivity index (χ1n) is 6.24. The maximum absolute atomic E-state index is 4.69. The van der Waals surface area contributed by atoms with Gasteiger partial charge in [-0.1, -0.05) is 20.8 Å². The van der Waals surface area contributed by atoms with Gasteiger partial charge in [-0.05, 0) is 13.1 Å². The number of aromatic nitrogens is 2. The fraction of sp³-hybridized carbons (Fsp3) is 0.692. The first-order valence-corrected chi connectivity index (χ1v) is 6.24. The predicted octanol–water partition coefficient (Wildman–Crippen LogP) is 1.53. The Hall–Kier alpha value is -1.16. The first kappa shape index (κ1) is 12.3. The van der Waals surface area contributed by atoms with Crippen molar-refractivity contribution in [2.24, 2.45) is 0 Å². The van der Waals surface area contributed by atoms with Crippen LogP contribution < -0.4 is 4.90 Å². The van der Waals surface area contributed by atoms with E-state index < -0.39 is 0 Å². The minimum absolute atomic E-state index is 0.0165. The molecule has 2 rings (SSSR count). The summed E-state index contributed by atoms with van der Waals surface area (Å²) in [6.07, 6.45) is 1.88. The molecule has 0 N–H and O–H groups in total. The maximum Gasteiger partial charge on any atom is 0.135 e. The largest absolute Gasteiger partial charge is 0.354 e. The van der Waals surface area contributed by atoms with E-state index in [0.717, 1.165) is 37.8 Å². The summed E-state index contributed by atoms with van der Waals surface area (Å²) in [5, 5.41) is 0. The zero-order chi connectivity index (χ0) is 12.5. The van der Waals surface area contributed by atoms with Crippen LogP contribution in [0.15, 0.2) is 12.3 Å². The van der Waals surface area contributed by atoms with Gasteiger partial charge in [0.15, 0.2) is 0 Å². The third kappa shape index (κ3) is 2.94. The van der Waals surface area contributed by atoms with Crippen LogP contribution in [0.5, 0.6) is 0 Å². The van der Waals surface area contributed by atoms with Crippen molar-refractivity contribution in [2.75, 3.05) is 38.1 Å². The van der Waals surface area contributed by atoms with Crippen molar-refractivity contribution in [1.29, 1.82) is 0 Å². The van der Waals surface area contributed by atoms with E-state index in [1.165, 1.54) is 0 Å². The SMILES string of the molecule is CN1CCN(c2ccnc(C(C)(C)C)n2)CC1. The Labute approximate surface area is 104 Å². The van der Waals surface area contributed by atoms with Crippen molar-refractivity contribution >= 4 is 5.82 Å². The molecule has 1 fully saturated rings. The van der Waals surface area contributed by atoms with Crippen molar-refractivity contribution in [3.05, 3.63) is 18.1 Å². The highest BCUT2D eigenvalue weighted by molar-refractivity contribution is 5.38. The predicted molar refractivity (Wildman–Crippen MR) is 70.4 cm³/mol. The van der Waals surface area contributed by atoms with Crippen molar-refractivity contribution in [2.45, 2.75) is 26.2 Å². The molecule has 0 aromatic carbocycles. The van der Waals surface area contributed by atoms with Crippen LogP contribution in [0, 0.1) is 0 Å². The lowest BCUT2D eigenvalue weighted by molar-refractivity contribution is 0.311. The van der Waals surface area contributed by atoms with Gasteiger partial charge in [-0.25, -0.2) is 9.97 Å². The Morgan fingerprint density at radius 3 is 2.35 bits per heavy atom. The summed E-state index contributed by atoms with van der Waals surface area (Å²) in [5.74, 6) is 1.99. The van der Waals surface area contributed by atoms with Crippen molar-refractivity contribution in [3.63, 3.8) is 0 Å². The lowest BCUT2D eigenvalue weighted by atomic mass is 9.96. The van der Waals surface area contributed by atoms with E-state index >= 15 is 0 Å². The van der Waals surface area contributed by atoms with Gasteiger partial charge in [0.1, 0.15) is 11.6 Å². The summed E-state index contributed by atoms with van der Waals surface area (Å²) in [4.78, 5) is 13.8. The minimum atomic E-state index is 0.0165. The molecule has 1 aromatic heterocycles. The molecule has 0 bridgehead atoms. The molecule has 2 heterocycles. The van der Waals surface area contributed by atoms with Gasteiger partial charge in [0.25, 0.3) is 0 Å². The topological polar surface area (TPSA) is 32.3 Å². The molecule has 1 aliphatic heterocycles. The third-order valence-corrected chi connectivity index (χ3v) is 3.14. The van der Waals surface area contributed by atoms with Gasteiger partial charge < -0.3 is 9.80 Å². The maximum atomic E-state index is 4.69. The Morgan fingerprint density at radius 2 is 1.76 bits per heavy atom. The zero-order valence-electron chi connectivity index (χ0n) is 11.3. The van der Waals surface area contributed by atoms with Gasteiger partial charge >= 0.3 is 0 Å². The van der Waals surface area contributed by atoms with Crippen LogP contribution in [-0.2, 0) is 5.41 Å². The number of hydrogen-bond donors (Lipinski definition) is 0. The monoisotopic (exact) mass is 234 g/mol. The molecule has 17 heavy (non-hydrogen) atoms. The molecule has 0 atom stereocenters. The molecule has 0 aliphatic carbocycles. The summed E-state index contributed by atoms with van der Waals surface area (Å²) in [7, 11) is 2.16. The molecule has 0 spiro atoms. The van der Waals surface area contributed by atoms with Crippen LogP contribution in [0.3, 0.4) is 0 Å². The molecule has 94 valence electrons. The van der Waals surface area contributed by atoms with E-state index in [2.05, 4.69) is 47.6 Å². The van der Waals surface area contributed by atoms with E-state index in [4.69, 9.17) is 0 Å². The summed E-state index contributed by atoms with van der Waals surface area (Å²) >= 11 is 0.